The molecule has 2 aliphatic rings. The second-order valence-corrected chi connectivity index (χ2v) is 9.81. The Morgan fingerprint density at radius 3 is 1.21 bits per heavy atom. The number of hydrogen-bond donors (Lipinski definition) is 0. The fraction of sp³-hybridized carbons (Fsp3) is 0.870. The summed E-state index contributed by atoms with van der Waals surface area (Å²) in [6.07, 6.45) is -1.82. The summed E-state index contributed by atoms with van der Waals surface area (Å²) in [4.78, 5) is 3.29. The van der Waals surface area contributed by atoms with Gasteiger partial charge in [0.25, 0.3) is 0 Å². The van der Waals surface area contributed by atoms with E-state index in [0.29, 0.717) is 0 Å². The standard InChI is InChI=1S/C13H18N2O.C10H18O2/c1-7(2)10-12(9(6-14)15-5)11(8(3)4)13(10)16;1-5(2)7-9(11)8(6(3)4)10(7)12/h7-8,10-13H,1-4H3;5-10H,1-4H3/q2*-2. The van der Waals surface area contributed by atoms with Gasteiger partial charge in [0.05, 0.1) is 6.57 Å². The zero-order valence-electron chi connectivity index (χ0n) is 18.5. The lowest BCUT2D eigenvalue weighted by Crippen LogP contribution is -2.69. The predicted octanol–water partition coefficient (Wildman–Crippen LogP) is 1.93. The minimum absolute atomic E-state index is 0.0452. The van der Waals surface area contributed by atoms with Crippen molar-refractivity contribution in [1.82, 2.24) is 0 Å². The lowest BCUT2D eigenvalue weighted by molar-refractivity contribution is -0.570. The van der Waals surface area contributed by atoms with Gasteiger partial charge in [-0.1, -0.05) is 79.1 Å². The highest BCUT2D eigenvalue weighted by Crippen LogP contribution is 2.50. The van der Waals surface area contributed by atoms with E-state index in [1.165, 1.54) is 0 Å². The number of hydrogen-bond acceptors (Lipinski definition) is 3. The molecule has 0 radical (unpaired) electrons. The van der Waals surface area contributed by atoms with Gasteiger partial charge in [0, 0.05) is 5.92 Å². The molecule has 0 saturated heterocycles. The Kier molecular flexibility index (Phi) is 8.91. The van der Waals surface area contributed by atoms with Gasteiger partial charge in [-0.15, -0.1) is 18.3 Å². The van der Waals surface area contributed by atoms with Crippen molar-refractivity contribution in [3.05, 3.63) is 22.5 Å². The molecular formula is C23H36N2O3-4. The minimum atomic E-state index is -0.616. The van der Waals surface area contributed by atoms with Crippen molar-refractivity contribution in [2.75, 3.05) is 0 Å². The maximum absolute atomic E-state index is 12.0. The number of allylic oxidation sites excluding steroid dienone is 1. The molecule has 0 aliphatic heterocycles. The zero-order chi connectivity index (χ0) is 21.9. The molecule has 2 unspecified atom stereocenters. The van der Waals surface area contributed by atoms with Crippen molar-refractivity contribution < 1.29 is 15.3 Å². The first-order chi connectivity index (χ1) is 12.9. The Labute approximate surface area is 171 Å². The zero-order valence-corrected chi connectivity index (χ0v) is 18.5. The molecule has 0 aromatic heterocycles. The molecule has 2 atom stereocenters. The second kappa shape index (κ2) is 10.0. The summed E-state index contributed by atoms with van der Waals surface area (Å²) in [5.41, 5.74) is 0.226. The van der Waals surface area contributed by atoms with Crippen LogP contribution in [0.2, 0.25) is 0 Å². The van der Waals surface area contributed by atoms with Crippen LogP contribution >= 0.6 is 0 Å². The Bertz CT molecular complexity index is 559. The molecule has 0 aromatic rings. The van der Waals surface area contributed by atoms with E-state index in [1.54, 1.807) is 0 Å². The van der Waals surface area contributed by atoms with Gasteiger partial charge in [-0.3, -0.25) is 5.87 Å². The summed E-state index contributed by atoms with van der Waals surface area (Å²) < 4.78 is 0. The largest absolute Gasteiger partial charge is 0.852 e. The third-order valence-electron chi connectivity index (χ3n) is 6.74. The van der Waals surface area contributed by atoms with Crippen molar-refractivity contribution in [3.8, 4) is 0 Å². The minimum Gasteiger partial charge on any atom is -0.852 e. The molecule has 2 fully saturated rings. The van der Waals surface area contributed by atoms with Gasteiger partial charge in [-0.2, -0.15) is 0 Å². The van der Waals surface area contributed by atoms with Crippen LogP contribution in [0.5, 0.6) is 0 Å². The normalized spacial score (nSPS) is 36.9. The maximum atomic E-state index is 12.0. The summed E-state index contributed by atoms with van der Waals surface area (Å²) in [5, 5.41) is 44.1. The molecule has 5 nitrogen and oxygen atoms in total. The third kappa shape index (κ3) is 4.69. The van der Waals surface area contributed by atoms with E-state index in [-0.39, 0.29) is 59.0 Å². The molecule has 0 amide bonds. The number of rotatable bonds is 5. The highest BCUT2D eigenvalue weighted by atomic mass is 16.3. The van der Waals surface area contributed by atoms with Crippen LogP contribution in [0, 0.1) is 59.8 Å². The lowest BCUT2D eigenvalue weighted by atomic mass is 9.54. The third-order valence-corrected chi connectivity index (χ3v) is 6.74. The second-order valence-electron chi connectivity index (χ2n) is 9.81. The Hall–Kier alpha value is -1.18. The van der Waals surface area contributed by atoms with E-state index in [4.69, 9.17) is 12.0 Å². The van der Waals surface area contributed by atoms with Crippen LogP contribution in [-0.2, 0) is 0 Å². The fourth-order valence-corrected chi connectivity index (χ4v) is 5.16. The Morgan fingerprint density at radius 2 is 1.00 bits per heavy atom. The molecule has 0 aromatic carbocycles. The average Bonchev–Trinajstić information content (AvgIpc) is 2.53. The van der Waals surface area contributed by atoms with Crippen LogP contribution < -0.4 is 15.3 Å². The summed E-state index contributed by atoms with van der Waals surface area (Å²) in [7, 11) is 0. The molecule has 2 saturated carbocycles. The molecule has 0 N–H and O–H groups in total. The summed E-state index contributed by atoms with van der Waals surface area (Å²) in [6, 6.07) is 0. The predicted molar refractivity (Wildman–Crippen MR) is 107 cm³/mol. The molecule has 5 heteroatoms. The topological polar surface area (TPSA) is 95.8 Å². The van der Waals surface area contributed by atoms with Gasteiger partial charge in [0.15, 0.2) is 5.70 Å². The van der Waals surface area contributed by atoms with Crippen LogP contribution in [0.15, 0.2) is 5.70 Å². The van der Waals surface area contributed by atoms with E-state index in [2.05, 4.69) is 4.85 Å². The molecular weight excluding hydrogens is 352 g/mol. The van der Waals surface area contributed by atoms with Crippen molar-refractivity contribution in [3.63, 3.8) is 0 Å². The molecule has 2 aliphatic carbocycles. The Balaban J connectivity index is 0.000000292. The van der Waals surface area contributed by atoms with Crippen LogP contribution in [0.4, 0.5) is 0 Å². The first kappa shape index (κ1) is 24.9. The number of nitrogens with zero attached hydrogens (tertiary/aromatic N) is 2. The van der Waals surface area contributed by atoms with Crippen LogP contribution in [0.3, 0.4) is 0 Å². The van der Waals surface area contributed by atoms with Gasteiger partial charge < -0.3 is 20.7 Å². The van der Waals surface area contributed by atoms with Crippen LogP contribution in [0.1, 0.15) is 55.4 Å². The van der Waals surface area contributed by atoms with Gasteiger partial charge in [-0.05, 0) is 23.7 Å². The molecule has 2 rings (SSSR count). The Morgan fingerprint density at radius 1 is 0.714 bits per heavy atom. The summed E-state index contributed by atoms with van der Waals surface area (Å²) in [6.45, 7) is 22.9. The molecule has 28 heavy (non-hydrogen) atoms. The quantitative estimate of drug-likeness (QED) is 0.532. The molecule has 0 heterocycles. The smallest absolute Gasteiger partial charge is 0.187 e. The first-order valence-electron chi connectivity index (χ1n) is 10.5. The van der Waals surface area contributed by atoms with Gasteiger partial charge in [0.1, 0.15) is 0 Å². The summed E-state index contributed by atoms with van der Waals surface area (Å²) in [5.74, 6) is 2.51. The first-order valence-corrected chi connectivity index (χ1v) is 10.5. The maximum Gasteiger partial charge on any atom is 0.187 e. The van der Waals surface area contributed by atoms with Gasteiger partial charge in [0.2, 0.25) is 0 Å². The van der Waals surface area contributed by atoms with Crippen LogP contribution in [0.25, 0.3) is 10.3 Å². The van der Waals surface area contributed by atoms with Crippen molar-refractivity contribution >= 4 is 5.87 Å². The summed E-state index contributed by atoms with van der Waals surface area (Å²) >= 11 is 0. The average molecular weight is 389 g/mol. The van der Waals surface area contributed by atoms with E-state index in [0.717, 1.165) is 0 Å². The van der Waals surface area contributed by atoms with Gasteiger partial charge in [-0.25, -0.2) is 4.85 Å². The van der Waals surface area contributed by atoms with E-state index in [1.807, 2.05) is 61.3 Å². The lowest BCUT2D eigenvalue weighted by Gasteiger charge is -2.64. The van der Waals surface area contributed by atoms with Crippen LogP contribution in [-0.4, -0.2) is 24.2 Å². The van der Waals surface area contributed by atoms with Crippen molar-refractivity contribution in [2.45, 2.75) is 73.7 Å². The SMILES string of the molecule is CC(C)C1C([O-])C(C(C)C)C1[O-].[C-]#[N+]C(=C=[N-])C1C(C(C)C)C([O-])C1C(C)C. The molecule has 0 spiro atoms. The van der Waals surface area contributed by atoms with E-state index < -0.39 is 18.3 Å². The van der Waals surface area contributed by atoms with Crippen molar-refractivity contribution in [2.24, 2.45) is 53.3 Å². The monoisotopic (exact) mass is 388 g/mol. The van der Waals surface area contributed by atoms with Crippen molar-refractivity contribution in [1.29, 1.82) is 0 Å². The molecule has 160 valence electrons. The highest BCUT2D eigenvalue weighted by molar-refractivity contribution is 5.64. The van der Waals surface area contributed by atoms with Gasteiger partial charge >= 0.3 is 0 Å². The fourth-order valence-electron chi connectivity index (χ4n) is 5.16. The van der Waals surface area contributed by atoms with E-state index in [9.17, 15) is 15.3 Å². The van der Waals surface area contributed by atoms with E-state index >= 15 is 0 Å². The molecule has 0 bridgehead atoms. The highest BCUT2D eigenvalue weighted by Gasteiger charge is 2.48.